The summed E-state index contributed by atoms with van der Waals surface area (Å²) in [5.41, 5.74) is 0. The van der Waals surface area contributed by atoms with Crippen molar-refractivity contribution in [1.82, 2.24) is 9.44 Å². The first-order valence-corrected chi connectivity index (χ1v) is 6.49. The minimum absolute atomic E-state index is 0.0909. The molecule has 0 amide bonds. The first-order chi connectivity index (χ1) is 7.94. The molecule has 0 unspecified atom stereocenters. The molecule has 0 bridgehead atoms. The molecule has 96 valence electrons. The zero-order valence-corrected chi connectivity index (χ0v) is 10.1. The number of hydrogen-bond acceptors (Lipinski definition) is 4. The fourth-order valence-corrected chi connectivity index (χ4v) is 1.95. The lowest BCUT2D eigenvalue weighted by Gasteiger charge is -2.05. The van der Waals surface area contributed by atoms with Crippen LogP contribution >= 0.6 is 0 Å². The normalized spacial score (nSPS) is 11.6. The van der Waals surface area contributed by atoms with E-state index in [4.69, 9.17) is 9.52 Å². The monoisotopic (exact) mass is 262 g/mol. The van der Waals surface area contributed by atoms with Gasteiger partial charge in [0.2, 0.25) is 5.76 Å². The number of furan rings is 1. The van der Waals surface area contributed by atoms with Crippen molar-refractivity contribution < 1.29 is 22.7 Å². The van der Waals surface area contributed by atoms with Gasteiger partial charge in [-0.25, -0.2) is 9.52 Å². The Labute approximate surface area is 99.0 Å². The van der Waals surface area contributed by atoms with Crippen molar-refractivity contribution in [2.75, 3.05) is 6.54 Å². The van der Waals surface area contributed by atoms with Crippen LogP contribution in [0, 0.1) is 0 Å². The molecule has 1 heterocycles. The van der Waals surface area contributed by atoms with Crippen LogP contribution in [0.1, 0.15) is 29.7 Å². The lowest BCUT2D eigenvalue weighted by atomic mass is 10.4. The molecule has 17 heavy (non-hydrogen) atoms. The molecule has 0 atom stereocenters. The highest BCUT2D eigenvalue weighted by Gasteiger charge is 2.12. The van der Waals surface area contributed by atoms with Gasteiger partial charge >= 0.3 is 5.97 Å². The Balaban J connectivity index is 2.52. The summed E-state index contributed by atoms with van der Waals surface area (Å²) in [6, 6.07) is 2.68. The minimum atomic E-state index is -3.56. The molecule has 7 nitrogen and oxygen atoms in total. The van der Waals surface area contributed by atoms with Gasteiger partial charge in [0.25, 0.3) is 10.2 Å². The van der Waals surface area contributed by atoms with E-state index in [1.54, 1.807) is 0 Å². The number of carbonyl (C=O) groups is 1. The van der Waals surface area contributed by atoms with E-state index in [1.807, 2.05) is 6.92 Å². The van der Waals surface area contributed by atoms with Gasteiger partial charge in [0.1, 0.15) is 5.76 Å². The molecule has 0 aliphatic carbocycles. The molecule has 0 radical (unpaired) electrons. The van der Waals surface area contributed by atoms with Crippen molar-refractivity contribution in [3.63, 3.8) is 0 Å². The molecule has 1 rings (SSSR count). The Morgan fingerprint density at radius 2 is 2.12 bits per heavy atom. The summed E-state index contributed by atoms with van der Waals surface area (Å²) >= 11 is 0. The highest BCUT2D eigenvalue weighted by molar-refractivity contribution is 7.87. The maximum Gasteiger partial charge on any atom is 0.371 e. The van der Waals surface area contributed by atoms with Gasteiger partial charge in [0.15, 0.2) is 0 Å². The largest absolute Gasteiger partial charge is 0.475 e. The number of rotatable bonds is 7. The van der Waals surface area contributed by atoms with Crippen LogP contribution in [0.3, 0.4) is 0 Å². The molecule has 3 N–H and O–H groups in total. The second kappa shape index (κ2) is 5.80. The summed E-state index contributed by atoms with van der Waals surface area (Å²) in [6.07, 6.45) is 0.685. The molecule has 1 aromatic rings. The molecule has 0 aliphatic rings. The average Bonchev–Trinajstić information content (AvgIpc) is 2.73. The number of carboxylic acids is 1. The van der Waals surface area contributed by atoms with E-state index < -0.39 is 16.2 Å². The third-order valence-electron chi connectivity index (χ3n) is 1.85. The van der Waals surface area contributed by atoms with Gasteiger partial charge in [-0.3, -0.25) is 0 Å². The number of carboxylic acid groups (broad SMARTS) is 1. The van der Waals surface area contributed by atoms with Crippen LogP contribution in [0.15, 0.2) is 16.5 Å². The Bertz CT molecular complexity index is 479. The summed E-state index contributed by atoms with van der Waals surface area (Å²) in [5, 5.41) is 8.60. The highest BCUT2D eigenvalue weighted by atomic mass is 32.2. The Kier molecular flexibility index (Phi) is 4.67. The van der Waals surface area contributed by atoms with Crippen molar-refractivity contribution >= 4 is 16.2 Å². The summed E-state index contributed by atoms with van der Waals surface area (Å²) < 4.78 is 32.1. The van der Waals surface area contributed by atoms with Gasteiger partial charge in [-0.2, -0.15) is 13.1 Å². The van der Waals surface area contributed by atoms with Gasteiger partial charge in [0.05, 0.1) is 6.54 Å². The van der Waals surface area contributed by atoms with E-state index >= 15 is 0 Å². The van der Waals surface area contributed by atoms with Crippen LogP contribution < -0.4 is 9.44 Å². The van der Waals surface area contributed by atoms with Crippen LogP contribution in [-0.4, -0.2) is 26.0 Å². The van der Waals surface area contributed by atoms with E-state index in [0.717, 1.165) is 0 Å². The van der Waals surface area contributed by atoms with Gasteiger partial charge in [-0.05, 0) is 18.6 Å². The van der Waals surface area contributed by atoms with Crippen LogP contribution in [0.5, 0.6) is 0 Å². The summed E-state index contributed by atoms with van der Waals surface area (Å²) in [7, 11) is -3.56. The number of aromatic carboxylic acids is 1. The highest BCUT2D eigenvalue weighted by Crippen LogP contribution is 2.07. The van der Waals surface area contributed by atoms with Gasteiger partial charge in [-0.15, -0.1) is 0 Å². The fourth-order valence-electron chi connectivity index (χ4n) is 1.04. The van der Waals surface area contributed by atoms with E-state index in [1.165, 1.54) is 12.1 Å². The van der Waals surface area contributed by atoms with Crippen LogP contribution in [0.4, 0.5) is 0 Å². The van der Waals surface area contributed by atoms with Crippen molar-refractivity contribution in [3.05, 3.63) is 23.7 Å². The SMILES string of the molecule is CCCNS(=O)(=O)NCc1ccc(C(=O)O)o1. The van der Waals surface area contributed by atoms with Crippen molar-refractivity contribution in [3.8, 4) is 0 Å². The molecule has 0 aromatic carbocycles. The smallest absolute Gasteiger partial charge is 0.371 e. The lowest BCUT2D eigenvalue weighted by Crippen LogP contribution is -2.36. The van der Waals surface area contributed by atoms with Crippen LogP contribution in [-0.2, 0) is 16.8 Å². The first-order valence-electron chi connectivity index (χ1n) is 5.01. The van der Waals surface area contributed by atoms with E-state index in [2.05, 4.69) is 9.44 Å². The molecular weight excluding hydrogens is 248 g/mol. The predicted molar refractivity (Wildman–Crippen MR) is 59.7 cm³/mol. The van der Waals surface area contributed by atoms with E-state index in [-0.39, 0.29) is 18.1 Å². The Hall–Kier alpha value is -1.38. The van der Waals surface area contributed by atoms with E-state index in [0.29, 0.717) is 13.0 Å². The van der Waals surface area contributed by atoms with Gasteiger partial charge in [0, 0.05) is 6.54 Å². The summed E-state index contributed by atoms with van der Waals surface area (Å²) in [5.74, 6) is -1.17. The molecule has 0 aliphatic heterocycles. The molecule has 0 spiro atoms. The average molecular weight is 262 g/mol. The quantitative estimate of drug-likeness (QED) is 0.655. The fraction of sp³-hybridized carbons (Fsp3) is 0.444. The molecule has 8 heteroatoms. The third-order valence-corrected chi connectivity index (χ3v) is 2.96. The molecule has 1 aromatic heterocycles. The molecular formula is C9H14N2O5S. The maximum absolute atomic E-state index is 11.3. The van der Waals surface area contributed by atoms with Gasteiger partial charge in [-0.1, -0.05) is 6.92 Å². The lowest BCUT2D eigenvalue weighted by molar-refractivity contribution is 0.0660. The second-order valence-electron chi connectivity index (χ2n) is 3.29. The van der Waals surface area contributed by atoms with Crippen molar-refractivity contribution in [1.29, 1.82) is 0 Å². The zero-order chi connectivity index (χ0) is 12.9. The Morgan fingerprint density at radius 1 is 1.41 bits per heavy atom. The third kappa shape index (κ3) is 4.55. The van der Waals surface area contributed by atoms with Gasteiger partial charge < -0.3 is 9.52 Å². The summed E-state index contributed by atoms with van der Waals surface area (Å²) in [4.78, 5) is 10.5. The van der Waals surface area contributed by atoms with Crippen molar-refractivity contribution in [2.24, 2.45) is 0 Å². The first kappa shape index (κ1) is 13.7. The molecule has 0 saturated heterocycles. The second-order valence-corrected chi connectivity index (χ2v) is 4.87. The number of nitrogens with one attached hydrogen (secondary N) is 2. The molecule has 0 fully saturated rings. The number of hydrogen-bond donors (Lipinski definition) is 3. The standard InChI is InChI=1S/C9H14N2O5S/c1-2-5-10-17(14,15)11-6-7-3-4-8(16-7)9(12)13/h3-4,10-11H,2,5-6H2,1H3,(H,12,13). The Morgan fingerprint density at radius 3 is 2.65 bits per heavy atom. The van der Waals surface area contributed by atoms with E-state index in [9.17, 15) is 13.2 Å². The topological polar surface area (TPSA) is 109 Å². The molecule has 0 saturated carbocycles. The summed E-state index contributed by atoms with van der Waals surface area (Å²) in [6.45, 7) is 2.09. The predicted octanol–water partition coefficient (Wildman–Crippen LogP) is 0.312. The van der Waals surface area contributed by atoms with Crippen LogP contribution in [0.2, 0.25) is 0 Å². The van der Waals surface area contributed by atoms with Crippen molar-refractivity contribution in [2.45, 2.75) is 19.9 Å². The minimum Gasteiger partial charge on any atom is -0.475 e. The van der Waals surface area contributed by atoms with Crippen LogP contribution in [0.25, 0.3) is 0 Å². The zero-order valence-electron chi connectivity index (χ0n) is 9.26. The maximum atomic E-state index is 11.3.